The average molecular weight is 273 g/mol. The standard InChI is InChI=1S/C17H27N3/c1-19-10-7-16(8-11-19)20(2)13-15-5-3-4-14-12-18-9-6-17(14)15/h3-5,16,18H,6-13H2,1-2H3. The maximum absolute atomic E-state index is 3.47. The van der Waals surface area contributed by atoms with Gasteiger partial charge in [-0.3, -0.25) is 4.90 Å². The molecule has 0 amide bonds. The van der Waals surface area contributed by atoms with Crippen molar-refractivity contribution < 1.29 is 0 Å². The Morgan fingerprint density at radius 1 is 1.30 bits per heavy atom. The van der Waals surface area contributed by atoms with Crippen LogP contribution in [0, 0.1) is 0 Å². The third-order valence-corrected chi connectivity index (χ3v) is 4.97. The molecule has 2 aliphatic heterocycles. The second-order valence-corrected chi connectivity index (χ2v) is 6.43. The van der Waals surface area contributed by atoms with E-state index in [1.165, 1.54) is 37.9 Å². The summed E-state index contributed by atoms with van der Waals surface area (Å²) < 4.78 is 0. The van der Waals surface area contributed by atoms with Crippen molar-refractivity contribution in [2.24, 2.45) is 0 Å². The second-order valence-electron chi connectivity index (χ2n) is 6.43. The molecular formula is C17H27N3. The summed E-state index contributed by atoms with van der Waals surface area (Å²) >= 11 is 0. The number of hydrogen-bond donors (Lipinski definition) is 1. The average Bonchev–Trinajstić information content (AvgIpc) is 2.48. The quantitative estimate of drug-likeness (QED) is 0.907. The summed E-state index contributed by atoms with van der Waals surface area (Å²) in [5, 5.41) is 3.47. The van der Waals surface area contributed by atoms with Crippen molar-refractivity contribution in [3.8, 4) is 0 Å². The van der Waals surface area contributed by atoms with E-state index in [1.54, 1.807) is 11.1 Å². The minimum atomic E-state index is 0.753. The lowest BCUT2D eigenvalue weighted by molar-refractivity contribution is 0.139. The van der Waals surface area contributed by atoms with E-state index >= 15 is 0 Å². The molecule has 0 aromatic heterocycles. The molecule has 0 atom stereocenters. The number of piperidine rings is 1. The molecule has 1 N–H and O–H groups in total. The number of hydrogen-bond acceptors (Lipinski definition) is 3. The fourth-order valence-corrected chi connectivity index (χ4v) is 3.59. The third-order valence-electron chi connectivity index (χ3n) is 4.97. The van der Waals surface area contributed by atoms with Crippen molar-refractivity contribution in [1.29, 1.82) is 0 Å². The van der Waals surface area contributed by atoms with Crippen LogP contribution in [0.3, 0.4) is 0 Å². The summed E-state index contributed by atoms with van der Waals surface area (Å²) in [6, 6.07) is 7.59. The van der Waals surface area contributed by atoms with Crippen LogP contribution in [0.5, 0.6) is 0 Å². The maximum Gasteiger partial charge on any atom is 0.0236 e. The van der Waals surface area contributed by atoms with Crippen LogP contribution in [-0.2, 0) is 19.5 Å². The zero-order chi connectivity index (χ0) is 13.9. The Kier molecular flexibility index (Phi) is 4.39. The van der Waals surface area contributed by atoms with Gasteiger partial charge < -0.3 is 10.2 Å². The highest BCUT2D eigenvalue weighted by atomic mass is 15.2. The van der Waals surface area contributed by atoms with E-state index in [0.717, 1.165) is 25.7 Å². The van der Waals surface area contributed by atoms with Gasteiger partial charge in [0, 0.05) is 19.1 Å². The maximum atomic E-state index is 3.47. The molecule has 1 aromatic rings. The van der Waals surface area contributed by atoms with E-state index in [9.17, 15) is 0 Å². The second kappa shape index (κ2) is 6.25. The van der Waals surface area contributed by atoms with E-state index in [4.69, 9.17) is 0 Å². The summed E-state index contributed by atoms with van der Waals surface area (Å²) in [6.07, 6.45) is 3.81. The molecule has 3 heteroatoms. The lowest BCUT2D eigenvalue weighted by Crippen LogP contribution is -2.41. The normalized spacial score (nSPS) is 21.1. The van der Waals surface area contributed by atoms with Crippen LogP contribution in [0.2, 0.25) is 0 Å². The van der Waals surface area contributed by atoms with Crippen LogP contribution in [0.25, 0.3) is 0 Å². The van der Waals surface area contributed by atoms with Crippen molar-refractivity contribution in [2.75, 3.05) is 33.7 Å². The highest BCUT2D eigenvalue weighted by molar-refractivity contribution is 5.37. The van der Waals surface area contributed by atoms with E-state index < -0.39 is 0 Å². The molecule has 1 aromatic carbocycles. The topological polar surface area (TPSA) is 18.5 Å². The molecule has 110 valence electrons. The first-order chi connectivity index (χ1) is 9.74. The van der Waals surface area contributed by atoms with Gasteiger partial charge in [-0.15, -0.1) is 0 Å². The Labute approximate surface area is 123 Å². The molecule has 2 aliphatic rings. The van der Waals surface area contributed by atoms with Crippen LogP contribution < -0.4 is 5.32 Å². The fourth-order valence-electron chi connectivity index (χ4n) is 3.59. The van der Waals surface area contributed by atoms with Gasteiger partial charge in [0.15, 0.2) is 0 Å². The molecule has 0 spiro atoms. The summed E-state index contributed by atoms with van der Waals surface area (Å²) in [5.41, 5.74) is 4.65. The van der Waals surface area contributed by atoms with Crippen molar-refractivity contribution in [1.82, 2.24) is 15.1 Å². The molecule has 0 aliphatic carbocycles. The molecule has 2 heterocycles. The fraction of sp³-hybridized carbons (Fsp3) is 0.647. The van der Waals surface area contributed by atoms with Gasteiger partial charge in [-0.05, 0) is 69.7 Å². The molecule has 3 nitrogen and oxygen atoms in total. The smallest absolute Gasteiger partial charge is 0.0236 e. The van der Waals surface area contributed by atoms with Gasteiger partial charge in [0.2, 0.25) is 0 Å². The molecular weight excluding hydrogens is 246 g/mol. The zero-order valence-electron chi connectivity index (χ0n) is 12.9. The first-order valence-corrected chi connectivity index (χ1v) is 7.93. The van der Waals surface area contributed by atoms with Gasteiger partial charge in [-0.25, -0.2) is 0 Å². The van der Waals surface area contributed by atoms with Crippen molar-refractivity contribution >= 4 is 0 Å². The SMILES string of the molecule is CN1CCC(N(C)Cc2cccc3c2CCNC3)CC1. The molecule has 0 radical (unpaired) electrons. The monoisotopic (exact) mass is 273 g/mol. The number of rotatable bonds is 3. The lowest BCUT2D eigenvalue weighted by atomic mass is 9.94. The van der Waals surface area contributed by atoms with E-state index in [-0.39, 0.29) is 0 Å². The highest BCUT2D eigenvalue weighted by Gasteiger charge is 2.21. The highest BCUT2D eigenvalue weighted by Crippen LogP contribution is 2.22. The molecule has 0 saturated carbocycles. The molecule has 1 saturated heterocycles. The van der Waals surface area contributed by atoms with Crippen LogP contribution in [0.15, 0.2) is 18.2 Å². The van der Waals surface area contributed by atoms with Gasteiger partial charge in [0.1, 0.15) is 0 Å². The predicted octanol–water partition coefficient (Wildman–Crippen LogP) is 1.86. The van der Waals surface area contributed by atoms with Crippen LogP contribution in [0.4, 0.5) is 0 Å². The lowest BCUT2D eigenvalue weighted by Gasteiger charge is -2.35. The van der Waals surface area contributed by atoms with Gasteiger partial charge >= 0.3 is 0 Å². The van der Waals surface area contributed by atoms with Crippen LogP contribution in [-0.4, -0.2) is 49.6 Å². The zero-order valence-corrected chi connectivity index (χ0v) is 12.9. The van der Waals surface area contributed by atoms with Crippen molar-refractivity contribution in [3.63, 3.8) is 0 Å². The summed E-state index contributed by atoms with van der Waals surface area (Å²) in [6.45, 7) is 5.76. The Balaban J connectivity index is 1.68. The summed E-state index contributed by atoms with van der Waals surface area (Å²) in [7, 11) is 4.53. The number of benzene rings is 1. The van der Waals surface area contributed by atoms with E-state index in [2.05, 4.69) is 47.4 Å². The minimum Gasteiger partial charge on any atom is -0.312 e. The largest absolute Gasteiger partial charge is 0.312 e. The Morgan fingerprint density at radius 3 is 2.90 bits per heavy atom. The van der Waals surface area contributed by atoms with E-state index in [1.807, 2.05) is 0 Å². The third kappa shape index (κ3) is 3.05. The Bertz CT molecular complexity index is 450. The Morgan fingerprint density at radius 2 is 2.10 bits per heavy atom. The summed E-state index contributed by atoms with van der Waals surface area (Å²) in [5.74, 6) is 0. The molecule has 1 fully saturated rings. The minimum absolute atomic E-state index is 0.753. The van der Waals surface area contributed by atoms with Crippen LogP contribution in [0.1, 0.15) is 29.5 Å². The van der Waals surface area contributed by atoms with Gasteiger partial charge in [-0.2, -0.15) is 0 Å². The van der Waals surface area contributed by atoms with Crippen molar-refractivity contribution in [2.45, 2.75) is 38.4 Å². The Hall–Kier alpha value is -0.900. The number of fused-ring (bicyclic) bond motifs is 1. The first-order valence-electron chi connectivity index (χ1n) is 7.93. The van der Waals surface area contributed by atoms with Gasteiger partial charge in [0.05, 0.1) is 0 Å². The molecule has 3 rings (SSSR count). The number of likely N-dealkylation sites (tertiary alicyclic amines) is 1. The number of nitrogens with one attached hydrogen (secondary N) is 1. The first kappa shape index (κ1) is 14.1. The molecule has 0 unspecified atom stereocenters. The van der Waals surface area contributed by atoms with Gasteiger partial charge in [-0.1, -0.05) is 18.2 Å². The molecule has 20 heavy (non-hydrogen) atoms. The van der Waals surface area contributed by atoms with E-state index in [0.29, 0.717) is 0 Å². The number of nitrogens with zero attached hydrogens (tertiary/aromatic N) is 2. The summed E-state index contributed by atoms with van der Waals surface area (Å²) in [4.78, 5) is 5.02. The van der Waals surface area contributed by atoms with Crippen LogP contribution >= 0.6 is 0 Å². The predicted molar refractivity (Wildman–Crippen MR) is 83.8 cm³/mol. The van der Waals surface area contributed by atoms with Gasteiger partial charge in [0.25, 0.3) is 0 Å². The van der Waals surface area contributed by atoms with Crippen molar-refractivity contribution in [3.05, 3.63) is 34.9 Å². The molecule has 0 bridgehead atoms.